The number of hydrogen-bond acceptors (Lipinski definition) is 4. The lowest BCUT2D eigenvalue weighted by Gasteiger charge is -2.15. The molecule has 4 aromatic rings. The minimum absolute atomic E-state index is 0.184. The van der Waals surface area contributed by atoms with E-state index in [0.29, 0.717) is 44.7 Å². The number of benzene rings is 3. The van der Waals surface area contributed by atoms with Crippen molar-refractivity contribution in [2.75, 3.05) is 17.7 Å². The number of aryl methyl sites for hydroxylation is 2. The maximum Gasteiger partial charge on any atom is 0.328 e. The second-order valence-corrected chi connectivity index (χ2v) is 7.51. The van der Waals surface area contributed by atoms with Gasteiger partial charge in [-0.2, -0.15) is 0 Å². The van der Waals surface area contributed by atoms with Crippen LogP contribution >= 0.6 is 11.6 Å². The molecular weight excluding hydrogens is 432 g/mol. The summed E-state index contributed by atoms with van der Waals surface area (Å²) in [7, 11) is 4.85. The Morgan fingerprint density at radius 1 is 0.875 bits per heavy atom. The number of urea groups is 1. The Labute approximate surface area is 188 Å². The number of para-hydroxylation sites is 1. The van der Waals surface area contributed by atoms with Crippen molar-refractivity contribution in [3.05, 3.63) is 76.2 Å². The molecule has 0 aliphatic carbocycles. The highest BCUT2D eigenvalue weighted by Crippen LogP contribution is 2.34. The number of ether oxygens (including phenoxy) is 2. The van der Waals surface area contributed by atoms with E-state index in [1.54, 1.807) is 56.6 Å². The molecule has 4 rings (SSSR count). The Morgan fingerprint density at radius 3 is 2.16 bits per heavy atom. The number of anilines is 2. The number of rotatable bonds is 5. The quantitative estimate of drug-likeness (QED) is 0.447. The first kappa shape index (κ1) is 21.3. The molecule has 0 unspecified atom stereocenters. The van der Waals surface area contributed by atoms with Crippen LogP contribution in [0.1, 0.15) is 0 Å². The number of aromatic nitrogens is 2. The third-order valence-corrected chi connectivity index (χ3v) is 5.24. The molecule has 164 valence electrons. The molecule has 0 saturated carbocycles. The van der Waals surface area contributed by atoms with Crippen molar-refractivity contribution in [1.82, 2.24) is 9.13 Å². The lowest BCUT2D eigenvalue weighted by atomic mass is 10.2. The van der Waals surface area contributed by atoms with E-state index in [2.05, 4.69) is 10.6 Å². The van der Waals surface area contributed by atoms with Gasteiger partial charge in [-0.3, -0.25) is 9.13 Å². The summed E-state index contributed by atoms with van der Waals surface area (Å²) in [5.74, 6) is 1.44. The average molecular weight is 453 g/mol. The molecule has 1 heterocycles. The third-order valence-electron chi connectivity index (χ3n) is 5.00. The molecule has 0 atom stereocenters. The number of halogens is 1. The van der Waals surface area contributed by atoms with Gasteiger partial charge in [-0.05, 0) is 36.4 Å². The predicted octanol–water partition coefficient (Wildman–Crippen LogP) is 4.98. The minimum Gasteiger partial charge on any atom is -0.495 e. The van der Waals surface area contributed by atoms with Gasteiger partial charge in [0, 0.05) is 25.2 Å². The van der Waals surface area contributed by atoms with Gasteiger partial charge >= 0.3 is 11.7 Å². The smallest absolute Gasteiger partial charge is 0.328 e. The first-order valence-electron chi connectivity index (χ1n) is 9.71. The Morgan fingerprint density at radius 2 is 1.50 bits per heavy atom. The lowest BCUT2D eigenvalue weighted by molar-refractivity contribution is 0.262. The number of carbonyl (C=O) groups excluding carboxylic acids is 1. The molecule has 2 amide bonds. The van der Waals surface area contributed by atoms with Crippen LogP contribution in [0.2, 0.25) is 5.02 Å². The standard InChI is InChI=1S/C23H21ClN4O4/c1-27-18-12-17(26-22(29)25-16-11-14(24)9-10-20(16)31-3)21(13-19(18)28(2)23(27)30)32-15-7-5-4-6-8-15/h4-13H,1-3H3,(H2,25,26,29). The SMILES string of the molecule is COc1ccc(Cl)cc1NC(=O)Nc1cc2c(cc1Oc1ccccc1)n(C)c(=O)n2C. The normalized spacial score (nSPS) is 10.8. The zero-order chi connectivity index (χ0) is 22.8. The molecule has 9 heteroatoms. The molecule has 8 nitrogen and oxygen atoms in total. The van der Waals surface area contributed by atoms with Crippen molar-refractivity contribution in [2.24, 2.45) is 14.1 Å². The van der Waals surface area contributed by atoms with Crippen LogP contribution in [0.25, 0.3) is 11.0 Å². The number of hydrogen-bond donors (Lipinski definition) is 2. The van der Waals surface area contributed by atoms with E-state index >= 15 is 0 Å². The molecule has 0 aliphatic heterocycles. The van der Waals surface area contributed by atoms with E-state index in [1.807, 2.05) is 18.2 Å². The summed E-state index contributed by atoms with van der Waals surface area (Å²) in [5.41, 5.74) is 1.94. The molecular formula is C23H21ClN4O4. The van der Waals surface area contributed by atoms with Crippen molar-refractivity contribution < 1.29 is 14.3 Å². The van der Waals surface area contributed by atoms with Gasteiger partial charge in [-0.1, -0.05) is 29.8 Å². The number of nitrogens with one attached hydrogen (secondary N) is 2. The summed E-state index contributed by atoms with van der Waals surface area (Å²) in [5, 5.41) is 5.99. The van der Waals surface area contributed by atoms with Gasteiger partial charge in [-0.25, -0.2) is 9.59 Å². The first-order valence-corrected chi connectivity index (χ1v) is 10.1. The van der Waals surface area contributed by atoms with E-state index in [-0.39, 0.29) is 5.69 Å². The van der Waals surface area contributed by atoms with Crippen LogP contribution in [0.15, 0.2) is 65.5 Å². The van der Waals surface area contributed by atoms with Crippen LogP contribution < -0.4 is 25.8 Å². The molecule has 0 radical (unpaired) electrons. The summed E-state index contributed by atoms with van der Waals surface area (Å²) >= 11 is 6.05. The summed E-state index contributed by atoms with van der Waals surface area (Å²) in [4.78, 5) is 25.2. The van der Waals surface area contributed by atoms with Crippen molar-refractivity contribution in [2.45, 2.75) is 0 Å². The summed E-state index contributed by atoms with van der Waals surface area (Å²) in [6, 6.07) is 17.0. The van der Waals surface area contributed by atoms with Gasteiger partial charge in [0.15, 0.2) is 5.75 Å². The molecule has 2 N–H and O–H groups in total. The molecule has 32 heavy (non-hydrogen) atoms. The second kappa shape index (κ2) is 8.68. The number of methoxy groups -OCH3 is 1. The summed E-state index contributed by atoms with van der Waals surface area (Å²) in [6.45, 7) is 0. The highest BCUT2D eigenvalue weighted by atomic mass is 35.5. The third kappa shape index (κ3) is 4.13. The van der Waals surface area contributed by atoms with E-state index in [9.17, 15) is 9.59 Å². The van der Waals surface area contributed by atoms with Crippen molar-refractivity contribution in [3.63, 3.8) is 0 Å². The lowest BCUT2D eigenvalue weighted by Crippen LogP contribution is -2.20. The fraction of sp³-hybridized carbons (Fsp3) is 0.130. The zero-order valence-corrected chi connectivity index (χ0v) is 18.4. The monoisotopic (exact) mass is 452 g/mol. The van der Waals surface area contributed by atoms with Gasteiger partial charge < -0.3 is 20.1 Å². The molecule has 3 aromatic carbocycles. The van der Waals surface area contributed by atoms with Crippen LogP contribution in [0.4, 0.5) is 16.2 Å². The molecule has 0 bridgehead atoms. The summed E-state index contributed by atoms with van der Waals surface area (Å²) < 4.78 is 14.3. The molecule has 0 fully saturated rings. The molecule has 0 aliphatic rings. The fourth-order valence-electron chi connectivity index (χ4n) is 3.38. The average Bonchev–Trinajstić information content (AvgIpc) is 2.98. The Bertz CT molecular complexity index is 1360. The number of imidazole rings is 1. The second-order valence-electron chi connectivity index (χ2n) is 7.08. The minimum atomic E-state index is -0.524. The van der Waals surface area contributed by atoms with Gasteiger partial charge in [0.05, 0.1) is 29.5 Å². The molecule has 1 aromatic heterocycles. The van der Waals surface area contributed by atoms with Gasteiger partial charge in [0.25, 0.3) is 0 Å². The zero-order valence-electron chi connectivity index (χ0n) is 17.7. The Hall–Kier alpha value is -3.91. The van der Waals surface area contributed by atoms with Crippen LogP contribution in [0.5, 0.6) is 17.2 Å². The van der Waals surface area contributed by atoms with Crippen LogP contribution in [0.3, 0.4) is 0 Å². The highest BCUT2D eigenvalue weighted by molar-refractivity contribution is 6.31. The highest BCUT2D eigenvalue weighted by Gasteiger charge is 2.17. The molecule has 0 spiro atoms. The van der Waals surface area contributed by atoms with Crippen LogP contribution in [-0.4, -0.2) is 22.3 Å². The van der Waals surface area contributed by atoms with Crippen LogP contribution in [-0.2, 0) is 14.1 Å². The van der Waals surface area contributed by atoms with Crippen LogP contribution in [0, 0.1) is 0 Å². The van der Waals surface area contributed by atoms with Crippen molar-refractivity contribution in [1.29, 1.82) is 0 Å². The number of nitrogens with zero attached hydrogens (tertiary/aromatic N) is 2. The Balaban J connectivity index is 1.72. The van der Waals surface area contributed by atoms with E-state index in [1.165, 1.54) is 16.2 Å². The van der Waals surface area contributed by atoms with Gasteiger partial charge in [0.1, 0.15) is 11.5 Å². The topological polar surface area (TPSA) is 86.5 Å². The van der Waals surface area contributed by atoms with Crippen molar-refractivity contribution in [3.8, 4) is 17.2 Å². The van der Waals surface area contributed by atoms with E-state index in [4.69, 9.17) is 21.1 Å². The van der Waals surface area contributed by atoms with Gasteiger partial charge in [-0.15, -0.1) is 0 Å². The van der Waals surface area contributed by atoms with E-state index in [0.717, 1.165) is 0 Å². The number of carbonyl (C=O) groups is 1. The number of amides is 2. The van der Waals surface area contributed by atoms with E-state index < -0.39 is 6.03 Å². The van der Waals surface area contributed by atoms with Gasteiger partial charge in [0.2, 0.25) is 0 Å². The first-order chi connectivity index (χ1) is 15.4. The van der Waals surface area contributed by atoms with Crippen molar-refractivity contribution >= 4 is 40.0 Å². The fourth-order valence-corrected chi connectivity index (χ4v) is 3.55. The predicted molar refractivity (Wildman–Crippen MR) is 125 cm³/mol. The number of fused-ring (bicyclic) bond motifs is 1. The molecule has 0 saturated heterocycles. The maximum absolute atomic E-state index is 12.8. The maximum atomic E-state index is 12.8. The summed E-state index contributed by atoms with van der Waals surface area (Å²) in [6.07, 6.45) is 0. The Kier molecular flexibility index (Phi) is 5.79. The largest absolute Gasteiger partial charge is 0.495 e.